The molecule has 0 N–H and O–H groups in total. The maximum atomic E-state index is 2.33. The SMILES string of the molecule is Cc1ccc(C(C)(c2ccccc2)c2ccccc2C)cc1. The average molecular weight is 286 g/mol. The minimum atomic E-state index is -0.139. The maximum absolute atomic E-state index is 2.33. The summed E-state index contributed by atoms with van der Waals surface area (Å²) in [7, 11) is 0. The maximum Gasteiger partial charge on any atom is 0.0425 e. The standard InChI is InChI=1S/C22H22/c1-17-13-15-20(16-14-17)22(3,19-10-5-4-6-11-19)21-12-8-7-9-18(21)2/h4-16H,1-3H3. The van der Waals surface area contributed by atoms with Crippen molar-refractivity contribution in [3.8, 4) is 0 Å². The van der Waals surface area contributed by atoms with Crippen LogP contribution in [0.2, 0.25) is 0 Å². The minimum Gasteiger partial charge on any atom is -0.0622 e. The van der Waals surface area contributed by atoms with Crippen LogP contribution in [0.4, 0.5) is 0 Å². The average Bonchev–Trinajstić information content (AvgIpc) is 2.56. The molecular weight excluding hydrogens is 264 g/mol. The van der Waals surface area contributed by atoms with Crippen LogP contribution in [-0.4, -0.2) is 0 Å². The largest absolute Gasteiger partial charge is 0.0622 e. The Labute approximate surface area is 133 Å². The van der Waals surface area contributed by atoms with Gasteiger partial charge in [0.1, 0.15) is 0 Å². The molecule has 0 heteroatoms. The lowest BCUT2D eigenvalue weighted by Gasteiger charge is -2.33. The number of hydrogen-bond acceptors (Lipinski definition) is 0. The van der Waals surface area contributed by atoms with Gasteiger partial charge in [0.2, 0.25) is 0 Å². The molecule has 3 aromatic carbocycles. The van der Waals surface area contributed by atoms with Crippen LogP contribution in [0.5, 0.6) is 0 Å². The molecule has 1 unspecified atom stereocenters. The summed E-state index contributed by atoms with van der Waals surface area (Å²) in [5, 5.41) is 0. The Kier molecular flexibility index (Phi) is 3.85. The first-order valence-electron chi connectivity index (χ1n) is 7.81. The molecule has 0 aliphatic heterocycles. The van der Waals surface area contributed by atoms with Crippen molar-refractivity contribution in [2.45, 2.75) is 26.2 Å². The zero-order chi connectivity index (χ0) is 15.6. The third kappa shape index (κ3) is 2.46. The summed E-state index contributed by atoms with van der Waals surface area (Å²) < 4.78 is 0. The first-order valence-corrected chi connectivity index (χ1v) is 7.81. The molecule has 0 radical (unpaired) electrons. The van der Waals surface area contributed by atoms with E-state index < -0.39 is 0 Å². The second-order valence-electron chi connectivity index (χ2n) is 6.17. The lowest BCUT2D eigenvalue weighted by molar-refractivity contribution is 0.686. The molecule has 0 amide bonds. The summed E-state index contributed by atoms with van der Waals surface area (Å²) in [4.78, 5) is 0. The number of aryl methyl sites for hydroxylation is 2. The Morgan fingerprint density at radius 2 is 1.14 bits per heavy atom. The molecule has 0 heterocycles. The fraction of sp³-hybridized carbons (Fsp3) is 0.182. The highest BCUT2D eigenvalue weighted by Crippen LogP contribution is 2.40. The molecule has 110 valence electrons. The van der Waals surface area contributed by atoms with Gasteiger partial charge in [-0.25, -0.2) is 0 Å². The molecule has 0 saturated heterocycles. The van der Waals surface area contributed by atoms with Gasteiger partial charge in [-0.1, -0.05) is 84.4 Å². The lowest BCUT2D eigenvalue weighted by atomic mass is 9.70. The zero-order valence-corrected chi connectivity index (χ0v) is 13.5. The first kappa shape index (κ1) is 14.6. The van der Waals surface area contributed by atoms with Gasteiger partial charge in [0.15, 0.2) is 0 Å². The van der Waals surface area contributed by atoms with Gasteiger partial charge in [-0.3, -0.25) is 0 Å². The molecule has 0 saturated carbocycles. The molecule has 0 aliphatic carbocycles. The van der Waals surface area contributed by atoms with E-state index in [2.05, 4.69) is 99.6 Å². The second kappa shape index (κ2) is 5.81. The highest BCUT2D eigenvalue weighted by atomic mass is 14.3. The van der Waals surface area contributed by atoms with E-state index in [1.807, 2.05) is 0 Å². The summed E-state index contributed by atoms with van der Waals surface area (Å²) in [6.07, 6.45) is 0. The van der Waals surface area contributed by atoms with E-state index in [1.165, 1.54) is 27.8 Å². The summed E-state index contributed by atoms with van der Waals surface area (Å²) in [5.41, 5.74) is 6.51. The molecule has 3 rings (SSSR count). The highest BCUT2D eigenvalue weighted by Gasteiger charge is 2.31. The number of hydrogen-bond donors (Lipinski definition) is 0. The zero-order valence-electron chi connectivity index (χ0n) is 13.5. The van der Waals surface area contributed by atoms with Crippen LogP contribution < -0.4 is 0 Å². The molecule has 0 spiro atoms. The summed E-state index contributed by atoms with van der Waals surface area (Å²) in [6, 6.07) is 28.4. The van der Waals surface area contributed by atoms with Gasteiger partial charge in [0, 0.05) is 5.41 Å². The molecule has 0 nitrogen and oxygen atoms in total. The fourth-order valence-corrected chi connectivity index (χ4v) is 3.27. The van der Waals surface area contributed by atoms with Gasteiger partial charge < -0.3 is 0 Å². The number of benzene rings is 3. The predicted molar refractivity (Wildman–Crippen MR) is 94.4 cm³/mol. The molecule has 1 atom stereocenters. The normalized spacial score (nSPS) is 13.6. The molecule has 0 aromatic heterocycles. The van der Waals surface area contributed by atoms with E-state index >= 15 is 0 Å². The van der Waals surface area contributed by atoms with E-state index in [0.717, 1.165) is 0 Å². The Morgan fingerprint density at radius 1 is 0.591 bits per heavy atom. The van der Waals surface area contributed by atoms with Gasteiger partial charge >= 0.3 is 0 Å². The van der Waals surface area contributed by atoms with Crippen molar-refractivity contribution >= 4 is 0 Å². The van der Waals surface area contributed by atoms with Crippen LogP contribution in [0.3, 0.4) is 0 Å². The van der Waals surface area contributed by atoms with E-state index in [-0.39, 0.29) is 5.41 Å². The van der Waals surface area contributed by atoms with E-state index in [4.69, 9.17) is 0 Å². The van der Waals surface area contributed by atoms with Crippen molar-refractivity contribution in [3.05, 3.63) is 107 Å². The van der Waals surface area contributed by atoms with Crippen molar-refractivity contribution in [1.82, 2.24) is 0 Å². The third-order valence-corrected chi connectivity index (χ3v) is 4.66. The molecular formula is C22H22. The van der Waals surface area contributed by atoms with Gasteiger partial charge in [0.05, 0.1) is 0 Å². The fourth-order valence-electron chi connectivity index (χ4n) is 3.27. The number of rotatable bonds is 3. The van der Waals surface area contributed by atoms with Crippen LogP contribution >= 0.6 is 0 Å². The predicted octanol–water partition coefficient (Wildman–Crippen LogP) is 5.66. The van der Waals surface area contributed by atoms with Crippen molar-refractivity contribution in [2.75, 3.05) is 0 Å². The van der Waals surface area contributed by atoms with E-state index in [0.29, 0.717) is 0 Å². The van der Waals surface area contributed by atoms with Crippen molar-refractivity contribution in [3.63, 3.8) is 0 Å². The van der Waals surface area contributed by atoms with Crippen molar-refractivity contribution in [2.24, 2.45) is 0 Å². The molecule has 22 heavy (non-hydrogen) atoms. The Balaban J connectivity index is 2.27. The van der Waals surface area contributed by atoms with E-state index in [1.54, 1.807) is 0 Å². The molecule has 0 fully saturated rings. The summed E-state index contributed by atoms with van der Waals surface area (Å²) >= 11 is 0. The third-order valence-electron chi connectivity index (χ3n) is 4.66. The van der Waals surface area contributed by atoms with Crippen molar-refractivity contribution in [1.29, 1.82) is 0 Å². The topological polar surface area (TPSA) is 0 Å². The minimum absolute atomic E-state index is 0.139. The van der Waals surface area contributed by atoms with Gasteiger partial charge in [-0.05, 0) is 43.0 Å². The van der Waals surface area contributed by atoms with Crippen LogP contribution in [0.15, 0.2) is 78.9 Å². The van der Waals surface area contributed by atoms with Crippen LogP contribution in [0, 0.1) is 13.8 Å². The quantitative estimate of drug-likeness (QED) is 0.545. The van der Waals surface area contributed by atoms with Gasteiger partial charge in [-0.15, -0.1) is 0 Å². The summed E-state index contributed by atoms with van der Waals surface area (Å²) in [6.45, 7) is 6.66. The van der Waals surface area contributed by atoms with Gasteiger partial charge in [0.25, 0.3) is 0 Å². The van der Waals surface area contributed by atoms with Crippen LogP contribution in [0.25, 0.3) is 0 Å². The molecule has 3 aromatic rings. The Morgan fingerprint density at radius 3 is 1.77 bits per heavy atom. The van der Waals surface area contributed by atoms with E-state index in [9.17, 15) is 0 Å². The Hall–Kier alpha value is -2.34. The molecule has 0 bridgehead atoms. The van der Waals surface area contributed by atoms with Gasteiger partial charge in [-0.2, -0.15) is 0 Å². The Bertz CT molecular complexity index is 754. The lowest BCUT2D eigenvalue weighted by Crippen LogP contribution is -2.26. The smallest absolute Gasteiger partial charge is 0.0425 e. The highest BCUT2D eigenvalue weighted by molar-refractivity contribution is 5.52. The summed E-state index contributed by atoms with van der Waals surface area (Å²) in [5.74, 6) is 0. The van der Waals surface area contributed by atoms with Crippen LogP contribution in [0.1, 0.15) is 34.7 Å². The molecule has 0 aliphatic rings. The second-order valence-corrected chi connectivity index (χ2v) is 6.17. The first-order chi connectivity index (χ1) is 10.6. The van der Waals surface area contributed by atoms with Crippen molar-refractivity contribution < 1.29 is 0 Å². The van der Waals surface area contributed by atoms with Crippen LogP contribution in [-0.2, 0) is 5.41 Å². The monoisotopic (exact) mass is 286 g/mol.